The first-order chi connectivity index (χ1) is 17.9. The van der Waals surface area contributed by atoms with Gasteiger partial charge in [0.25, 0.3) is 5.91 Å². The number of hydrogen-bond acceptors (Lipinski definition) is 5. The van der Waals surface area contributed by atoms with Crippen LogP contribution < -0.4 is 15.4 Å². The Labute approximate surface area is 220 Å². The Bertz CT molecular complexity index is 1260. The Morgan fingerprint density at radius 1 is 1.00 bits per heavy atom. The third-order valence-electron chi connectivity index (χ3n) is 7.07. The van der Waals surface area contributed by atoms with Gasteiger partial charge in [-0.3, -0.25) is 14.3 Å². The van der Waals surface area contributed by atoms with Crippen molar-refractivity contribution in [3.63, 3.8) is 0 Å². The van der Waals surface area contributed by atoms with Crippen LogP contribution in [0.15, 0.2) is 48.5 Å². The molecular weight excluding hydrogens is 521 g/mol. The number of benzene rings is 2. The minimum atomic E-state index is -4.56. The Morgan fingerprint density at radius 2 is 1.66 bits per heavy atom. The summed E-state index contributed by atoms with van der Waals surface area (Å²) in [6, 6.07) is 11.5. The maximum atomic E-state index is 13.2. The van der Waals surface area contributed by atoms with E-state index in [1.54, 1.807) is 12.1 Å². The van der Waals surface area contributed by atoms with E-state index in [1.807, 2.05) is 17.0 Å². The molecule has 12 heteroatoms. The van der Waals surface area contributed by atoms with Crippen LogP contribution in [-0.4, -0.2) is 63.1 Å². The number of sulfonamides is 1. The van der Waals surface area contributed by atoms with Crippen molar-refractivity contribution in [3.8, 4) is 0 Å². The molecule has 2 amide bonds. The van der Waals surface area contributed by atoms with Crippen molar-refractivity contribution >= 4 is 27.5 Å². The minimum absolute atomic E-state index is 0.00230. The van der Waals surface area contributed by atoms with E-state index in [2.05, 4.69) is 15.4 Å². The molecule has 8 nitrogen and oxygen atoms in total. The molecule has 4 rings (SSSR count). The van der Waals surface area contributed by atoms with Crippen LogP contribution in [0.2, 0.25) is 0 Å². The maximum Gasteiger partial charge on any atom is 0.416 e. The fraction of sp³-hybridized carbons (Fsp3) is 0.462. The van der Waals surface area contributed by atoms with E-state index in [1.165, 1.54) is 12.1 Å². The van der Waals surface area contributed by atoms with Gasteiger partial charge in [-0.15, -0.1) is 0 Å². The summed E-state index contributed by atoms with van der Waals surface area (Å²) in [5, 5.41) is 5.66. The van der Waals surface area contributed by atoms with Crippen LogP contribution >= 0.6 is 0 Å². The molecule has 206 valence electrons. The normalized spacial score (nSPS) is 20.3. The number of carbonyl (C=O) groups is 2. The Balaban J connectivity index is 1.35. The molecule has 1 heterocycles. The van der Waals surface area contributed by atoms with Crippen LogP contribution in [0.25, 0.3) is 0 Å². The molecule has 3 N–H and O–H groups in total. The summed E-state index contributed by atoms with van der Waals surface area (Å²) in [4.78, 5) is 27.5. The lowest BCUT2D eigenvalue weighted by Gasteiger charge is -2.45. The van der Waals surface area contributed by atoms with E-state index in [0.29, 0.717) is 18.8 Å². The highest BCUT2D eigenvalue weighted by atomic mass is 32.2. The van der Waals surface area contributed by atoms with Crippen molar-refractivity contribution in [1.82, 2.24) is 15.5 Å². The van der Waals surface area contributed by atoms with Crippen LogP contribution in [-0.2, 0) is 21.0 Å². The molecule has 38 heavy (non-hydrogen) atoms. The number of nitrogens with zero attached hydrogens (tertiary/aromatic N) is 1. The van der Waals surface area contributed by atoms with E-state index in [0.717, 1.165) is 49.6 Å². The standard InChI is InChI=1S/C26H31F3N4O4S/c1-38(36,37)32-21-9-5-17(6-10-21)18-7-11-22(12-8-18)33(23-14-30-15-23)24(34)16-31-25(35)19-3-2-4-20(13-19)26(27,28)29/h2-6,9-10,13,18,22-23,30,32H,7-8,11-12,14-16H2,1H3,(H,31,35). The molecule has 1 aliphatic carbocycles. The number of halogens is 3. The molecule has 2 aliphatic rings. The van der Waals surface area contributed by atoms with Gasteiger partial charge in [0, 0.05) is 30.4 Å². The number of alkyl halides is 3. The summed E-state index contributed by atoms with van der Waals surface area (Å²) in [7, 11) is -3.34. The number of amides is 2. The van der Waals surface area contributed by atoms with Gasteiger partial charge in [0.05, 0.1) is 24.4 Å². The number of anilines is 1. The lowest BCUT2D eigenvalue weighted by molar-refractivity contribution is -0.138. The molecule has 1 saturated carbocycles. The van der Waals surface area contributed by atoms with Crippen LogP contribution in [0, 0.1) is 0 Å². The first kappa shape index (κ1) is 27.9. The number of rotatable bonds is 8. The zero-order valence-corrected chi connectivity index (χ0v) is 21.7. The molecular formula is C26H31F3N4O4S. The van der Waals surface area contributed by atoms with Gasteiger partial charge < -0.3 is 15.5 Å². The van der Waals surface area contributed by atoms with E-state index >= 15 is 0 Å². The molecule has 0 atom stereocenters. The van der Waals surface area contributed by atoms with Crippen molar-refractivity contribution in [1.29, 1.82) is 0 Å². The van der Waals surface area contributed by atoms with Crippen molar-refractivity contribution < 1.29 is 31.2 Å². The summed E-state index contributed by atoms with van der Waals surface area (Å²) in [5.74, 6) is -0.694. The number of carbonyl (C=O) groups excluding carboxylic acids is 2. The first-order valence-electron chi connectivity index (χ1n) is 12.5. The van der Waals surface area contributed by atoms with Gasteiger partial charge in [0.15, 0.2) is 0 Å². The molecule has 0 bridgehead atoms. The Kier molecular flexibility index (Phi) is 8.31. The maximum absolute atomic E-state index is 13.2. The third kappa shape index (κ3) is 7.04. The quantitative estimate of drug-likeness (QED) is 0.466. The first-order valence-corrected chi connectivity index (χ1v) is 14.3. The lowest BCUT2D eigenvalue weighted by atomic mass is 9.80. The molecule has 2 aromatic rings. The van der Waals surface area contributed by atoms with Gasteiger partial charge in [-0.25, -0.2) is 8.42 Å². The van der Waals surface area contributed by atoms with E-state index < -0.39 is 27.7 Å². The smallest absolute Gasteiger partial charge is 0.343 e. The second-order valence-corrected chi connectivity index (χ2v) is 11.6. The molecule has 2 fully saturated rings. The van der Waals surface area contributed by atoms with E-state index in [9.17, 15) is 31.2 Å². The monoisotopic (exact) mass is 552 g/mol. The predicted octanol–water partition coefficient (Wildman–Crippen LogP) is 3.33. The second-order valence-electron chi connectivity index (χ2n) is 9.88. The third-order valence-corrected chi connectivity index (χ3v) is 7.68. The van der Waals surface area contributed by atoms with Crippen molar-refractivity contribution in [3.05, 3.63) is 65.2 Å². The summed E-state index contributed by atoms with van der Waals surface area (Å²) >= 11 is 0. The molecule has 0 aromatic heterocycles. The van der Waals surface area contributed by atoms with Crippen LogP contribution in [0.3, 0.4) is 0 Å². The number of hydrogen-bond donors (Lipinski definition) is 3. The summed E-state index contributed by atoms with van der Waals surface area (Å²) in [6.45, 7) is 1.02. The zero-order valence-electron chi connectivity index (χ0n) is 20.9. The minimum Gasteiger partial charge on any atom is -0.343 e. The van der Waals surface area contributed by atoms with Gasteiger partial charge >= 0.3 is 6.18 Å². The molecule has 2 aromatic carbocycles. The van der Waals surface area contributed by atoms with Crippen LogP contribution in [0.5, 0.6) is 0 Å². The van der Waals surface area contributed by atoms with Gasteiger partial charge in [-0.05, 0) is 67.5 Å². The summed E-state index contributed by atoms with van der Waals surface area (Å²) in [6.07, 6.45) is -0.207. The number of nitrogens with one attached hydrogen (secondary N) is 3. The van der Waals surface area contributed by atoms with E-state index in [4.69, 9.17) is 0 Å². The zero-order chi connectivity index (χ0) is 27.5. The topological polar surface area (TPSA) is 108 Å². The van der Waals surface area contributed by atoms with Gasteiger partial charge in [0.2, 0.25) is 15.9 Å². The largest absolute Gasteiger partial charge is 0.416 e. The predicted molar refractivity (Wildman–Crippen MR) is 137 cm³/mol. The fourth-order valence-corrected chi connectivity index (χ4v) is 5.65. The van der Waals surface area contributed by atoms with Gasteiger partial charge in [-0.1, -0.05) is 18.2 Å². The highest BCUT2D eigenvalue weighted by Crippen LogP contribution is 2.36. The molecule has 0 radical (unpaired) electrons. The fourth-order valence-electron chi connectivity index (χ4n) is 5.09. The second kappa shape index (κ2) is 11.3. The SMILES string of the molecule is CS(=O)(=O)Nc1ccc(C2CCC(N(C(=O)CNC(=O)c3cccc(C(F)(F)F)c3)C3CNC3)CC2)cc1. The highest BCUT2D eigenvalue weighted by Gasteiger charge is 2.36. The average Bonchev–Trinajstić information content (AvgIpc) is 2.83. The Morgan fingerprint density at radius 3 is 2.21 bits per heavy atom. The van der Waals surface area contributed by atoms with Crippen LogP contribution in [0.4, 0.5) is 18.9 Å². The van der Waals surface area contributed by atoms with Gasteiger partial charge in [-0.2, -0.15) is 13.2 Å². The molecule has 1 saturated heterocycles. The van der Waals surface area contributed by atoms with Crippen molar-refractivity contribution in [2.75, 3.05) is 30.6 Å². The van der Waals surface area contributed by atoms with Crippen LogP contribution in [0.1, 0.15) is 53.1 Å². The molecule has 0 unspecified atom stereocenters. The average molecular weight is 553 g/mol. The lowest BCUT2D eigenvalue weighted by Crippen LogP contribution is -2.63. The van der Waals surface area contributed by atoms with Gasteiger partial charge in [0.1, 0.15) is 0 Å². The van der Waals surface area contributed by atoms with Crippen molar-refractivity contribution in [2.24, 2.45) is 0 Å². The molecule has 1 aliphatic heterocycles. The highest BCUT2D eigenvalue weighted by molar-refractivity contribution is 7.92. The Hall–Kier alpha value is -3.12. The van der Waals surface area contributed by atoms with E-state index in [-0.39, 0.29) is 36.0 Å². The summed E-state index contributed by atoms with van der Waals surface area (Å²) < 4.78 is 64.2. The summed E-state index contributed by atoms with van der Waals surface area (Å²) in [5.41, 5.74) is 0.546. The molecule has 0 spiro atoms. The van der Waals surface area contributed by atoms with Crippen molar-refractivity contribution in [2.45, 2.75) is 49.9 Å².